The molecular weight excluding hydrogens is 367 g/mol. The van der Waals surface area contributed by atoms with Gasteiger partial charge < -0.3 is 0 Å². The average molecular weight is 405 g/mol. The summed E-state index contributed by atoms with van der Waals surface area (Å²) in [6, 6.07) is 20.0. The normalized spacial score (nSPS) is 9.73. The second-order valence-electron chi connectivity index (χ2n) is 7.79. The number of rotatable bonds is 3. The maximum Gasteiger partial charge on any atom is 0.131 e. The third-order valence-electron chi connectivity index (χ3n) is 4.74. The van der Waals surface area contributed by atoms with Crippen LogP contribution in [0.1, 0.15) is 61.9 Å². The van der Waals surface area contributed by atoms with Gasteiger partial charge in [0.15, 0.2) is 0 Å². The minimum atomic E-state index is -0.187. The molecule has 0 saturated carbocycles. The molecular formula is C29H37F. The minimum absolute atomic E-state index is 0.187. The van der Waals surface area contributed by atoms with Crippen molar-refractivity contribution < 1.29 is 4.39 Å². The number of halogens is 1. The molecule has 0 atom stereocenters. The van der Waals surface area contributed by atoms with Crippen molar-refractivity contribution in [3.05, 3.63) is 101 Å². The Bertz CT molecular complexity index is 913. The Kier molecular flexibility index (Phi) is 10.8. The minimum Gasteiger partial charge on any atom is -0.206 e. The second-order valence-corrected chi connectivity index (χ2v) is 7.79. The molecule has 1 heteroatoms. The Morgan fingerprint density at radius 3 is 1.80 bits per heavy atom. The van der Waals surface area contributed by atoms with Gasteiger partial charge in [0.1, 0.15) is 5.82 Å². The molecule has 0 aromatic heterocycles. The van der Waals surface area contributed by atoms with E-state index in [0.29, 0.717) is 5.56 Å². The predicted molar refractivity (Wildman–Crippen MR) is 133 cm³/mol. The van der Waals surface area contributed by atoms with Gasteiger partial charge in [-0.05, 0) is 68.0 Å². The standard InChI is InChI=1S/C17H17F.C9H12.C3H8/c1-11(2)14-8-9-15(16(18)10-14)17-12(3)6-5-7-13(17)4;1-3-9-6-4-8(2)5-7-9;1-3-2/h5-10H,1H2,2-4H3;4-7H,3H2,1-2H3;3H2,1-2H3. The number of benzene rings is 3. The third kappa shape index (κ3) is 7.63. The van der Waals surface area contributed by atoms with Crippen LogP contribution in [0.3, 0.4) is 0 Å². The van der Waals surface area contributed by atoms with Gasteiger partial charge in [-0.2, -0.15) is 0 Å². The summed E-state index contributed by atoms with van der Waals surface area (Å²) in [5.41, 5.74) is 8.32. The summed E-state index contributed by atoms with van der Waals surface area (Å²) in [7, 11) is 0. The molecule has 0 bridgehead atoms. The first-order chi connectivity index (χ1) is 14.2. The molecule has 0 saturated heterocycles. The molecule has 30 heavy (non-hydrogen) atoms. The maximum absolute atomic E-state index is 14.2. The van der Waals surface area contributed by atoms with E-state index in [0.717, 1.165) is 34.2 Å². The number of allylic oxidation sites excluding steroid dienone is 1. The van der Waals surface area contributed by atoms with Crippen molar-refractivity contribution in [3.63, 3.8) is 0 Å². The predicted octanol–water partition coefficient (Wildman–Crippen LogP) is 9.12. The van der Waals surface area contributed by atoms with E-state index in [1.54, 1.807) is 6.07 Å². The van der Waals surface area contributed by atoms with Crippen LogP contribution in [0.4, 0.5) is 4.39 Å². The summed E-state index contributed by atoms with van der Waals surface area (Å²) in [4.78, 5) is 0. The van der Waals surface area contributed by atoms with Gasteiger partial charge in [-0.15, -0.1) is 0 Å². The van der Waals surface area contributed by atoms with Crippen LogP contribution in [-0.4, -0.2) is 0 Å². The molecule has 0 fully saturated rings. The molecule has 0 radical (unpaired) electrons. The summed E-state index contributed by atoms with van der Waals surface area (Å²) in [5, 5.41) is 0. The molecule has 0 amide bonds. The molecule has 160 valence electrons. The number of aryl methyl sites for hydroxylation is 4. The monoisotopic (exact) mass is 404 g/mol. The molecule has 0 aliphatic carbocycles. The summed E-state index contributed by atoms with van der Waals surface area (Å²) < 4.78 is 14.2. The Hall–Kier alpha value is -2.67. The van der Waals surface area contributed by atoms with Crippen molar-refractivity contribution in [2.45, 2.75) is 61.3 Å². The Morgan fingerprint density at radius 1 is 0.833 bits per heavy atom. The Labute approximate surface area is 183 Å². The van der Waals surface area contributed by atoms with Crippen LogP contribution < -0.4 is 0 Å². The van der Waals surface area contributed by atoms with Gasteiger partial charge in [-0.3, -0.25) is 0 Å². The zero-order valence-electron chi connectivity index (χ0n) is 19.8. The highest BCUT2D eigenvalue weighted by Crippen LogP contribution is 2.30. The average Bonchev–Trinajstić information content (AvgIpc) is 2.70. The first-order valence-corrected chi connectivity index (χ1v) is 10.8. The fourth-order valence-electron chi connectivity index (χ4n) is 3.05. The summed E-state index contributed by atoms with van der Waals surface area (Å²) >= 11 is 0. The lowest BCUT2D eigenvalue weighted by atomic mass is 9.94. The van der Waals surface area contributed by atoms with E-state index in [1.807, 2.05) is 51.1 Å². The Balaban J connectivity index is 0.000000313. The van der Waals surface area contributed by atoms with Crippen molar-refractivity contribution in [3.8, 4) is 11.1 Å². The van der Waals surface area contributed by atoms with Crippen molar-refractivity contribution in [1.29, 1.82) is 0 Å². The lowest BCUT2D eigenvalue weighted by Gasteiger charge is -2.12. The van der Waals surface area contributed by atoms with Crippen LogP contribution in [-0.2, 0) is 6.42 Å². The number of hydrogen-bond donors (Lipinski definition) is 0. The summed E-state index contributed by atoms with van der Waals surface area (Å²) in [6.45, 7) is 18.3. The molecule has 3 rings (SSSR count). The van der Waals surface area contributed by atoms with Crippen molar-refractivity contribution in [1.82, 2.24) is 0 Å². The van der Waals surface area contributed by atoms with E-state index in [9.17, 15) is 4.39 Å². The van der Waals surface area contributed by atoms with Gasteiger partial charge in [0.05, 0.1) is 0 Å². The third-order valence-corrected chi connectivity index (χ3v) is 4.74. The van der Waals surface area contributed by atoms with E-state index < -0.39 is 0 Å². The van der Waals surface area contributed by atoms with E-state index in [1.165, 1.54) is 17.5 Å². The van der Waals surface area contributed by atoms with Gasteiger partial charge >= 0.3 is 0 Å². The molecule has 0 spiro atoms. The molecule has 0 aliphatic heterocycles. The highest BCUT2D eigenvalue weighted by molar-refractivity contribution is 5.73. The largest absolute Gasteiger partial charge is 0.206 e. The molecule has 0 nitrogen and oxygen atoms in total. The van der Waals surface area contributed by atoms with Crippen molar-refractivity contribution >= 4 is 5.57 Å². The summed E-state index contributed by atoms with van der Waals surface area (Å²) in [6.07, 6.45) is 2.39. The van der Waals surface area contributed by atoms with Crippen molar-refractivity contribution in [2.24, 2.45) is 0 Å². The zero-order chi connectivity index (χ0) is 22.7. The van der Waals surface area contributed by atoms with Crippen LogP contribution in [0.15, 0.2) is 67.2 Å². The quantitative estimate of drug-likeness (QED) is 0.408. The van der Waals surface area contributed by atoms with Gasteiger partial charge in [-0.25, -0.2) is 4.39 Å². The topological polar surface area (TPSA) is 0 Å². The summed E-state index contributed by atoms with van der Waals surface area (Å²) in [5.74, 6) is -0.187. The Morgan fingerprint density at radius 2 is 1.37 bits per heavy atom. The fraction of sp³-hybridized carbons (Fsp3) is 0.310. The SMILES string of the molecule is C=C(C)c1ccc(-c2c(C)cccc2C)c(F)c1.CCC.CCc1ccc(C)cc1. The first-order valence-electron chi connectivity index (χ1n) is 10.8. The van der Waals surface area contributed by atoms with Crippen LogP contribution in [0.2, 0.25) is 0 Å². The maximum atomic E-state index is 14.2. The number of hydrogen-bond acceptors (Lipinski definition) is 0. The van der Waals surface area contributed by atoms with Gasteiger partial charge in [0, 0.05) is 5.56 Å². The fourth-order valence-corrected chi connectivity index (χ4v) is 3.05. The molecule has 3 aromatic rings. The van der Waals surface area contributed by atoms with E-state index in [2.05, 4.69) is 58.5 Å². The van der Waals surface area contributed by atoms with Gasteiger partial charge in [-0.1, -0.05) is 99.5 Å². The highest BCUT2D eigenvalue weighted by atomic mass is 19.1. The van der Waals surface area contributed by atoms with Crippen LogP contribution in [0.5, 0.6) is 0 Å². The zero-order valence-corrected chi connectivity index (χ0v) is 19.8. The first kappa shape index (κ1) is 25.4. The lowest BCUT2D eigenvalue weighted by Crippen LogP contribution is -1.92. The lowest BCUT2D eigenvalue weighted by molar-refractivity contribution is 0.630. The van der Waals surface area contributed by atoms with Gasteiger partial charge in [0.25, 0.3) is 0 Å². The van der Waals surface area contributed by atoms with Crippen LogP contribution in [0.25, 0.3) is 16.7 Å². The van der Waals surface area contributed by atoms with E-state index in [-0.39, 0.29) is 5.82 Å². The molecule has 0 N–H and O–H groups in total. The molecule has 3 aromatic carbocycles. The van der Waals surface area contributed by atoms with Crippen LogP contribution >= 0.6 is 0 Å². The molecule has 0 aliphatic rings. The van der Waals surface area contributed by atoms with E-state index >= 15 is 0 Å². The molecule has 0 heterocycles. The smallest absolute Gasteiger partial charge is 0.131 e. The van der Waals surface area contributed by atoms with Crippen LogP contribution in [0, 0.1) is 26.6 Å². The van der Waals surface area contributed by atoms with Crippen molar-refractivity contribution in [2.75, 3.05) is 0 Å². The van der Waals surface area contributed by atoms with E-state index in [4.69, 9.17) is 0 Å². The highest BCUT2D eigenvalue weighted by Gasteiger charge is 2.11. The molecule has 0 unspecified atom stereocenters. The second kappa shape index (κ2) is 12.8. The van der Waals surface area contributed by atoms with Gasteiger partial charge in [0.2, 0.25) is 0 Å².